The van der Waals surface area contributed by atoms with E-state index >= 15 is 0 Å². The van der Waals surface area contributed by atoms with Crippen molar-refractivity contribution in [2.24, 2.45) is 0 Å². The molecule has 0 unspecified atom stereocenters. The van der Waals surface area contributed by atoms with Crippen LogP contribution in [0, 0.1) is 0 Å². The zero-order valence-electron chi connectivity index (χ0n) is 27.7. The lowest BCUT2D eigenvalue weighted by Gasteiger charge is -2.12. The summed E-state index contributed by atoms with van der Waals surface area (Å²) in [6, 6.07) is -0.330. The van der Waals surface area contributed by atoms with Crippen LogP contribution in [0.5, 0.6) is 0 Å². The van der Waals surface area contributed by atoms with E-state index in [1.807, 2.05) is 0 Å². The zero-order chi connectivity index (χ0) is 34.1. The predicted molar refractivity (Wildman–Crippen MR) is 178 cm³/mol. The number of carbonyl (C=O) groups is 5. The van der Waals surface area contributed by atoms with Gasteiger partial charge in [0.2, 0.25) is 11.0 Å². The van der Waals surface area contributed by atoms with Crippen LogP contribution in [0.3, 0.4) is 0 Å². The third kappa shape index (κ3) is 34.6. The summed E-state index contributed by atoms with van der Waals surface area (Å²) in [5, 5.41) is 27.8. The number of nitrogens with one attached hydrogen (secondary N) is 3. The largest absolute Gasteiger partial charge is 0.481 e. The zero-order valence-corrected chi connectivity index (χ0v) is 28.6. The summed E-state index contributed by atoms with van der Waals surface area (Å²) < 4.78 is 10.3. The first-order valence-corrected chi connectivity index (χ1v) is 17.6. The van der Waals surface area contributed by atoms with Gasteiger partial charge in [0.05, 0.1) is 32.8 Å². The molecule has 13 nitrogen and oxygen atoms in total. The van der Waals surface area contributed by atoms with Crippen molar-refractivity contribution < 1.29 is 49.0 Å². The number of quaternary nitrogens is 1. The molecule has 0 spiro atoms. The van der Waals surface area contributed by atoms with Gasteiger partial charge in [-0.1, -0.05) is 77.0 Å². The van der Waals surface area contributed by atoms with Crippen LogP contribution in [-0.2, 0) is 28.7 Å². The number of hydrogen-bond donors (Lipinski definition) is 7. The Morgan fingerprint density at radius 3 is 1.74 bits per heavy atom. The number of carboxylic acids is 1. The average Bonchev–Trinajstić information content (AvgIpc) is 3.00. The minimum Gasteiger partial charge on any atom is -0.481 e. The van der Waals surface area contributed by atoms with Crippen LogP contribution in [0.2, 0.25) is 0 Å². The Morgan fingerprint density at radius 1 is 0.652 bits per heavy atom. The summed E-state index contributed by atoms with van der Waals surface area (Å²) in [4.78, 5) is 56.9. The van der Waals surface area contributed by atoms with Gasteiger partial charge in [-0.15, -0.1) is 12.6 Å². The number of nitrogens with two attached hydrogens (primary N) is 1. The molecule has 0 rings (SSSR count). The predicted octanol–water partition coefficient (Wildman–Crippen LogP) is 2.80. The number of ether oxygens (including phenoxy) is 2. The molecule has 0 heterocycles. The van der Waals surface area contributed by atoms with E-state index in [4.69, 9.17) is 14.6 Å². The summed E-state index contributed by atoms with van der Waals surface area (Å²) in [5.41, 5.74) is 0. The topological polar surface area (TPSA) is 197 Å². The van der Waals surface area contributed by atoms with E-state index in [1.165, 1.54) is 51.4 Å². The number of aliphatic carboxylic acids is 1. The Balaban J connectivity index is 3.48. The number of thiol groups is 1. The first-order valence-electron chi connectivity index (χ1n) is 17.1. The monoisotopic (exact) mass is 677 g/mol. The molecule has 0 aromatic carbocycles. The molecule has 7 N–H and O–H groups in total. The van der Waals surface area contributed by atoms with Crippen LogP contribution in [-0.4, -0.2) is 91.4 Å². The molecule has 0 aromatic heterocycles. The highest BCUT2D eigenvalue weighted by molar-refractivity contribution is 7.96. The number of urea groups is 1. The lowest BCUT2D eigenvalue weighted by molar-refractivity contribution is -0.569. The minimum absolute atomic E-state index is 0.0663. The summed E-state index contributed by atoms with van der Waals surface area (Å²) >= 11 is 3.58. The Hall–Kier alpha value is -2.26. The number of rotatable bonds is 33. The lowest BCUT2D eigenvalue weighted by Crippen LogP contribution is -2.88. The highest BCUT2D eigenvalue weighted by Crippen LogP contribution is 2.13. The van der Waals surface area contributed by atoms with Crippen LogP contribution in [0.4, 0.5) is 4.79 Å². The highest BCUT2D eigenvalue weighted by Gasteiger charge is 2.13. The molecule has 0 fully saturated rings. The Labute approximate surface area is 280 Å². The normalized spacial score (nSPS) is 11.6. The van der Waals surface area contributed by atoms with E-state index in [0.29, 0.717) is 45.7 Å². The maximum absolute atomic E-state index is 12.1. The molecule has 0 bridgehead atoms. The molecule has 0 aliphatic carbocycles. The second kappa shape index (κ2) is 32.7. The Morgan fingerprint density at radius 2 is 1.17 bits per heavy atom. The maximum atomic E-state index is 12.1. The maximum Gasteiger partial charge on any atom is 0.314 e. The molecule has 46 heavy (non-hydrogen) atoms. The van der Waals surface area contributed by atoms with Gasteiger partial charge in [-0.2, -0.15) is 0 Å². The summed E-state index contributed by atoms with van der Waals surface area (Å²) in [7, 11) is 0. The van der Waals surface area contributed by atoms with E-state index in [1.54, 1.807) is 5.32 Å². The summed E-state index contributed by atoms with van der Waals surface area (Å²) in [6.45, 7) is 2.05. The van der Waals surface area contributed by atoms with Gasteiger partial charge in [-0.3, -0.25) is 19.7 Å². The van der Waals surface area contributed by atoms with Crippen molar-refractivity contribution in [1.29, 1.82) is 0 Å². The van der Waals surface area contributed by atoms with E-state index in [9.17, 15) is 29.1 Å². The van der Waals surface area contributed by atoms with Gasteiger partial charge >= 0.3 is 17.9 Å². The average molecular weight is 678 g/mol. The fraction of sp³-hybridized carbons (Fsp3) is 0.844. The third-order valence-corrected chi connectivity index (χ3v) is 7.33. The van der Waals surface area contributed by atoms with Gasteiger partial charge in [0.1, 0.15) is 12.8 Å². The third-order valence-electron chi connectivity index (χ3n) is 7.20. The molecule has 0 aliphatic heterocycles. The van der Waals surface area contributed by atoms with E-state index in [-0.39, 0.29) is 55.4 Å². The van der Waals surface area contributed by atoms with Gasteiger partial charge in [0.15, 0.2) is 0 Å². The van der Waals surface area contributed by atoms with Gasteiger partial charge in [0.25, 0.3) is 0 Å². The molecule has 0 saturated heterocycles. The molecular formula is C32H61N4O9S+. The van der Waals surface area contributed by atoms with E-state index < -0.39 is 12.2 Å². The van der Waals surface area contributed by atoms with Crippen LogP contribution >= 0.6 is 12.6 Å². The number of carboxylic acid groups (broad SMARTS) is 1. The second-order valence-corrected chi connectivity index (χ2v) is 12.0. The summed E-state index contributed by atoms with van der Waals surface area (Å²) in [6.07, 6.45) is 16.2. The van der Waals surface area contributed by atoms with Crippen LogP contribution in [0.15, 0.2) is 0 Å². The smallest absolute Gasteiger partial charge is 0.314 e. The van der Waals surface area contributed by atoms with Crippen molar-refractivity contribution in [3.05, 3.63) is 0 Å². The van der Waals surface area contributed by atoms with Gasteiger partial charge in [0, 0.05) is 38.8 Å². The van der Waals surface area contributed by atoms with Crippen molar-refractivity contribution in [2.75, 3.05) is 46.1 Å². The molecule has 0 saturated carbocycles. The SMILES string of the molecule is O=C(O)CCCCCCCCCCCCCCCCC(=O)N[C@H](O)CCC(=O)[NH2+]CCCNC(=O)NCCOCCOCC(=O)S. The highest BCUT2D eigenvalue weighted by atomic mass is 32.1. The number of hydrogen-bond acceptors (Lipinski definition) is 8. The standard InChI is InChI=1S/C32H60N4O9S/c37-27(33-20-15-21-34-32(43)35-22-23-44-24-25-45-26-31(42)46)18-19-29(39)36-28(38)16-13-11-9-7-5-3-1-2-4-6-8-10-12-14-17-30(40)41/h29,39H,1-26H2,(H,33,37)(H,36,38)(H,40,41)(H,42,46)(H2,34,35,43)/p+1/t29-/m1/s1. The molecule has 0 aliphatic rings. The Kier molecular flexibility index (Phi) is 31.1. The number of amides is 4. The fourth-order valence-corrected chi connectivity index (χ4v) is 4.73. The van der Waals surface area contributed by atoms with Crippen molar-refractivity contribution >= 4 is 41.6 Å². The Bertz CT molecular complexity index is 820. The quantitative estimate of drug-likeness (QED) is 0.0310. The van der Waals surface area contributed by atoms with Crippen LogP contribution in [0.25, 0.3) is 0 Å². The molecule has 14 heteroatoms. The van der Waals surface area contributed by atoms with E-state index in [2.05, 4.69) is 28.6 Å². The van der Waals surface area contributed by atoms with Gasteiger partial charge < -0.3 is 35.6 Å². The lowest BCUT2D eigenvalue weighted by atomic mass is 10.0. The molecule has 1 atom stereocenters. The first-order chi connectivity index (χ1) is 22.2. The molecule has 268 valence electrons. The molecule has 0 aromatic rings. The summed E-state index contributed by atoms with van der Waals surface area (Å²) in [5.74, 6) is -1.01. The van der Waals surface area contributed by atoms with Crippen LogP contribution < -0.4 is 21.3 Å². The van der Waals surface area contributed by atoms with Crippen molar-refractivity contribution in [1.82, 2.24) is 16.0 Å². The van der Waals surface area contributed by atoms with Crippen molar-refractivity contribution in [2.45, 2.75) is 128 Å². The molecule has 0 radical (unpaired) electrons. The number of primary amides is 1. The second-order valence-electron chi connectivity index (χ2n) is 11.5. The molecule has 4 amide bonds. The first kappa shape index (κ1) is 43.7. The molecular weight excluding hydrogens is 616 g/mol. The number of aliphatic hydroxyl groups is 1. The van der Waals surface area contributed by atoms with Gasteiger partial charge in [-0.25, -0.2) is 9.59 Å². The van der Waals surface area contributed by atoms with Crippen molar-refractivity contribution in [3.63, 3.8) is 0 Å². The minimum atomic E-state index is -1.04. The van der Waals surface area contributed by atoms with Crippen molar-refractivity contribution in [3.8, 4) is 0 Å². The van der Waals surface area contributed by atoms with Gasteiger partial charge in [-0.05, 0) is 12.8 Å². The fourth-order valence-electron chi connectivity index (χ4n) is 4.64. The number of aliphatic hydroxyl groups excluding tert-OH is 1. The van der Waals surface area contributed by atoms with E-state index in [0.717, 1.165) is 38.5 Å². The van der Waals surface area contributed by atoms with Crippen LogP contribution in [0.1, 0.15) is 122 Å². The number of unbranched alkanes of at least 4 members (excludes halogenated alkanes) is 13. The number of carbonyl (C=O) groups excluding carboxylic acids is 4.